The van der Waals surface area contributed by atoms with Gasteiger partial charge in [0.05, 0.1) is 12.3 Å². The quantitative estimate of drug-likeness (QED) is 0.509. The number of anilines is 1. The molecule has 8 heteroatoms. The van der Waals surface area contributed by atoms with E-state index in [-0.39, 0.29) is 18.0 Å². The molecule has 0 unspecified atom stereocenters. The monoisotopic (exact) mass is 429 g/mol. The third-order valence-corrected chi connectivity index (χ3v) is 5.59. The van der Waals surface area contributed by atoms with Crippen LogP contribution >= 0.6 is 0 Å². The van der Waals surface area contributed by atoms with E-state index in [9.17, 15) is 9.59 Å². The molecule has 1 aliphatic carbocycles. The van der Waals surface area contributed by atoms with Crippen molar-refractivity contribution in [2.45, 2.75) is 32.7 Å². The molecule has 0 saturated carbocycles. The molecule has 8 nitrogen and oxygen atoms in total. The van der Waals surface area contributed by atoms with Gasteiger partial charge in [-0.05, 0) is 38.3 Å². The van der Waals surface area contributed by atoms with Gasteiger partial charge in [0.2, 0.25) is 11.7 Å². The standard InChI is InChI=1S/C24H23N5O3/c1-2-32-20-14-7-6-12-18(20)25-21(30)15-28-19-13-8-11-17(19)23(31)29-24(28)26-22(27-29)16-9-4-3-5-10-16/h3-7,9-10,12,14H,2,8,11,13,15H2,1H3,(H,25,30). The van der Waals surface area contributed by atoms with E-state index < -0.39 is 0 Å². The van der Waals surface area contributed by atoms with Crippen LogP contribution in [0.25, 0.3) is 17.2 Å². The molecule has 0 aliphatic heterocycles. The van der Waals surface area contributed by atoms with E-state index in [1.54, 1.807) is 6.07 Å². The molecule has 0 saturated heterocycles. The molecular weight excluding hydrogens is 406 g/mol. The maximum Gasteiger partial charge on any atom is 0.279 e. The lowest BCUT2D eigenvalue weighted by atomic mass is 10.2. The summed E-state index contributed by atoms with van der Waals surface area (Å²) in [5, 5.41) is 7.40. The number of nitrogens with zero attached hydrogens (tertiary/aromatic N) is 4. The van der Waals surface area contributed by atoms with E-state index in [0.717, 1.165) is 24.1 Å². The van der Waals surface area contributed by atoms with E-state index in [2.05, 4.69) is 15.4 Å². The van der Waals surface area contributed by atoms with E-state index in [0.29, 0.717) is 41.6 Å². The highest BCUT2D eigenvalue weighted by molar-refractivity contribution is 5.92. The van der Waals surface area contributed by atoms with Crippen molar-refractivity contribution in [1.29, 1.82) is 0 Å². The van der Waals surface area contributed by atoms with Gasteiger partial charge in [-0.15, -0.1) is 5.10 Å². The van der Waals surface area contributed by atoms with Gasteiger partial charge in [0, 0.05) is 16.8 Å². The van der Waals surface area contributed by atoms with Crippen LogP contribution in [0.15, 0.2) is 59.4 Å². The van der Waals surface area contributed by atoms with Gasteiger partial charge < -0.3 is 14.6 Å². The fourth-order valence-corrected chi connectivity index (χ4v) is 4.18. The fourth-order valence-electron chi connectivity index (χ4n) is 4.18. The highest BCUT2D eigenvalue weighted by Crippen LogP contribution is 2.25. The number of hydrogen-bond donors (Lipinski definition) is 1. The first kappa shape index (κ1) is 20.0. The number of nitrogens with one attached hydrogen (secondary N) is 1. The summed E-state index contributed by atoms with van der Waals surface area (Å²) >= 11 is 0. The number of amides is 1. The van der Waals surface area contributed by atoms with Gasteiger partial charge in [-0.2, -0.15) is 9.50 Å². The zero-order valence-corrected chi connectivity index (χ0v) is 17.7. The second-order valence-electron chi connectivity index (χ2n) is 7.66. The first-order valence-electron chi connectivity index (χ1n) is 10.7. The summed E-state index contributed by atoms with van der Waals surface area (Å²) in [4.78, 5) is 30.7. The molecule has 5 rings (SSSR count). The topological polar surface area (TPSA) is 90.5 Å². The van der Waals surface area contributed by atoms with Crippen molar-refractivity contribution in [3.05, 3.63) is 76.2 Å². The summed E-state index contributed by atoms with van der Waals surface area (Å²) in [6.07, 6.45) is 2.29. The van der Waals surface area contributed by atoms with Crippen molar-refractivity contribution < 1.29 is 9.53 Å². The predicted octanol–water partition coefficient (Wildman–Crippen LogP) is 3.08. The molecule has 162 valence electrons. The molecular formula is C24H23N5O3. The Morgan fingerprint density at radius 3 is 2.69 bits per heavy atom. The third kappa shape index (κ3) is 3.53. The Labute approximate surface area is 184 Å². The van der Waals surface area contributed by atoms with Crippen LogP contribution in [0, 0.1) is 0 Å². The van der Waals surface area contributed by atoms with Gasteiger partial charge in [-0.1, -0.05) is 42.5 Å². The van der Waals surface area contributed by atoms with E-state index in [1.807, 2.05) is 60.0 Å². The van der Waals surface area contributed by atoms with Crippen molar-refractivity contribution in [2.75, 3.05) is 11.9 Å². The molecule has 2 aromatic carbocycles. The van der Waals surface area contributed by atoms with Crippen LogP contribution in [0.2, 0.25) is 0 Å². The van der Waals surface area contributed by atoms with Gasteiger partial charge in [0.1, 0.15) is 12.3 Å². The van der Waals surface area contributed by atoms with Crippen molar-refractivity contribution in [3.63, 3.8) is 0 Å². The number of para-hydroxylation sites is 2. The summed E-state index contributed by atoms with van der Waals surface area (Å²) in [5.74, 6) is 1.23. The summed E-state index contributed by atoms with van der Waals surface area (Å²) in [6.45, 7) is 2.43. The molecule has 2 heterocycles. The van der Waals surface area contributed by atoms with Crippen molar-refractivity contribution in [2.24, 2.45) is 0 Å². The number of carbonyl (C=O) groups is 1. The van der Waals surface area contributed by atoms with Crippen LogP contribution in [-0.2, 0) is 24.2 Å². The number of rotatable bonds is 6. The molecule has 0 radical (unpaired) electrons. The summed E-state index contributed by atoms with van der Waals surface area (Å²) < 4.78 is 8.76. The molecule has 2 aromatic heterocycles. The number of ether oxygens (including phenoxy) is 1. The minimum atomic E-state index is -0.221. The van der Waals surface area contributed by atoms with Crippen molar-refractivity contribution in [3.8, 4) is 17.1 Å². The minimum absolute atomic E-state index is 0.0273. The summed E-state index contributed by atoms with van der Waals surface area (Å²) in [7, 11) is 0. The van der Waals surface area contributed by atoms with Crippen LogP contribution < -0.4 is 15.6 Å². The molecule has 0 atom stereocenters. The van der Waals surface area contributed by atoms with Crippen LogP contribution in [0.5, 0.6) is 5.75 Å². The molecule has 1 amide bonds. The summed E-state index contributed by atoms with van der Waals surface area (Å²) in [6, 6.07) is 16.8. The number of carbonyl (C=O) groups excluding carboxylic acids is 1. The normalized spacial score (nSPS) is 12.7. The Morgan fingerprint density at radius 1 is 1.09 bits per heavy atom. The SMILES string of the molecule is CCOc1ccccc1NC(=O)Cn1c2c(c(=O)n3nc(-c4ccccc4)nc13)CCC2. The van der Waals surface area contributed by atoms with Crippen molar-refractivity contribution >= 4 is 17.4 Å². The molecule has 0 bridgehead atoms. The largest absolute Gasteiger partial charge is 0.492 e. The lowest BCUT2D eigenvalue weighted by molar-refractivity contribution is -0.116. The smallest absolute Gasteiger partial charge is 0.279 e. The average Bonchev–Trinajstić information content (AvgIpc) is 3.47. The molecule has 4 aromatic rings. The number of fused-ring (bicyclic) bond motifs is 2. The van der Waals surface area contributed by atoms with Gasteiger partial charge >= 0.3 is 0 Å². The average molecular weight is 429 g/mol. The van der Waals surface area contributed by atoms with Crippen LogP contribution in [0.3, 0.4) is 0 Å². The molecule has 0 fully saturated rings. The lowest BCUT2D eigenvalue weighted by Crippen LogP contribution is -2.28. The molecule has 1 N–H and O–H groups in total. The third-order valence-electron chi connectivity index (χ3n) is 5.59. The molecule has 32 heavy (non-hydrogen) atoms. The Balaban J connectivity index is 1.55. The zero-order chi connectivity index (χ0) is 22.1. The highest BCUT2D eigenvalue weighted by Gasteiger charge is 2.25. The van der Waals surface area contributed by atoms with Crippen LogP contribution in [-0.4, -0.2) is 31.7 Å². The van der Waals surface area contributed by atoms with Crippen LogP contribution in [0.4, 0.5) is 5.69 Å². The number of hydrogen-bond acceptors (Lipinski definition) is 5. The first-order chi connectivity index (χ1) is 15.7. The maximum absolute atomic E-state index is 13.0. The first-order valence-corrected chi connectivity index (χ1v) is 10.7. The van der Waals surface area contributed by atoms with E-state index in [1.165, 1.54) is 4.52 Å². The Morgan fingerprint density at radius 2 is 1.88 bits per heavy atom. The molecule has 1 aliphatic rings. The van der Waals surface area contributed by atoms with E-state index in [4.69, 9.17) is 4.74 Å². The number of benzene rings is 2. The lowest BCUT2D eigenvalue weighted by Gasteiger charge is -2.15. The van der Waals surface area contributed by atoms with Gasteiger partial charge in [0.25, 0.3) is 5.56 Å². The van der Waals surface area contributed by atoms with Gasteiger partial charge in [-0.25, -0.2) is 0 Å². The minimum Gasteiger partial charge on any atom is -0.492 e. The Kier molecular flexibility index (Phi) is 5.18. The Hall–Kier alpha value is -3.94. The predicted molar refractivity (Wildman–Crippen MR) is 121 cm³/mol. The Bertz CT molecular complexity index is 1360. The van der Waals surface area contributed by atoms with E-state index >= 15 is 0 Å². The summed E-state index contributed by atoms with van der Waals surface area (Å²) in [5.41, 5.74) is 2.85. The fraction of sp³-hybridized carbons (Fsp3) is 0.250. The van der Waals surface area contributed by atoms with Gasteiger partial charge in [-0.3, -0.25) is 9.59 Å². The zero-order valence-electron chi connectivity index (χ0n) is 17.7. The second kappa shape index (κ2) is 8.30. The van der Waals surface area contributed by atoms with Crippen molar-refractivity contribution in [1.82, 2.24) is 19.2 Å². The number of aromatic nitrogens is 4. The van der Waals surface area contributed by atoms with Gasteiger partial charge in [0.15, 0.2) is 5.82 Å². The second-order valence-corrected chi connectivity index (χ2v) is 7.66. The molecule has 0 spiro atoms. The van der Waals surface area contributed by atoms with Crippen LogP contribution in [0.1, 0.15) is 24.6 Å². The maximum atomic E-state index is 13.0. The highest BCUT2D eigenvalue weighted by atomic mass is 16.5.